The highest BCUT2D eigenvalue weighted by atomic mass is 16.3. The molecule has 4 nitrogen and oxygen atoms in total. The van der Waals surface area contributed by atoms with E-state index in [-0.39, 0.29) is 5.88 Å². The van der Waals surface area contributed by atoms with Crippen LogP contribution in [-0.2, 0) is 12.8 Å². The summed E-state index contributed by atoms with van der Waals surface area (Å²) in [7, 11) is 0. The number of aryl methyl sites for hydroxylation is 2. The number of benzene rings is 2. The lowest BCUT2D eigenvalue weighted by Crippen LogP contribution is -2.03. The Balaban J connectivity index is 1.63. The minimum atomic E-state index is 0.159. The van der Waals surface area contributed by atoms with Gasteiger partial charge in [0, 0.05) is 6.20 Å². The zero-order valence-electron chi connectivity index (χ0n) is 14.1. The maximum Gasteiger partial charge on any atom is 0.224 e. The molecule has 0 bridgehead atoms. The molecule has 0 radical (unpaired) electrons. The summed E-state index contributed by atoms with van der Waals surface area (Å²) in [6.07, 6.45) is 3.44. The van der Waals surface area contributed by atoms with Crippen LogP contribution in [0.4, 0.5) is 0 Å². The molecule has 5 rings (SSSR count). The highest BCUT2D eigenvalue weighted by molar-refractivity contribution is 5.80. The molecule has 0 saturated carbocycles. The molecular weight excluding hydrogens is 322 g/mol. The van der Waals surface area contributed by atoms with E-state index in [9.17, 15) is 5.11 Å². The predicted octanol–water partition coefficient (Wildman–Crippen LogP) is 4.41. The summed E-state index contributed by atoms with van der Waals surface area (Å²) < 4.78 is 1.53. The minimum absolute atomic E-state index is 0.159. The summed E-state index contributed by atoms with van der Waals surface area (Å²) >= 11 is 0. The molecule has 0 aliphatic heterocycles. The molecule has 0 unspecified atom stereocenters. The van der Waals surface area contributed by atoms with Gasteiger partial charge in [-0.2, -0.15) is 9.78 Å². The lowest BCUT2D eigenvalue weighted by atomic mass is 9.87. The normalized spacial score (nSPS) is 12.5. The predicted molar refractivity (Wildman–Crippen MR) is 101 cm³/mol. The molecule has 1 aliphatic carbocycles. The topological polar surface area (TPSA) is 50.9 Å². The number of pyridine rings is 1. The average Bonchev–Trinajstić information content (AvgIpc) is 3.06. The van der Waals surface area contributed by atoms with Crippen LogP contribution < -0.4 is 0 Å². The van der Waals surface area contributed by atoms with Gasteiger partial charge in [-0.1, -0.05) is 54.6 Å². The van der Waals surface area contributed by atoms with Gasteiger partial charge in [-0.3, -0.25) is 0 Å². The number of aromatic hydroxyl groups is 1. The van der Waals surface area contributed by atoms with Crippen LogP contribution in [-0.4, -0.2) is 19.9 Å². The Kier molecular flexibility index (Phi) is 3.35. The van der Waals surface area contributed by atoms with Gasteiger partial charge in [0.05, 0.1) is 11.3 Å². The first-order valence-corrected chi connectivity index (χ1v) is 8.72. The second-order valence-corrected chi connectivity index (χ2v) is 6.48. The number of fused-ring (bicyclic) bond motifs is 3. The van der Waals surface area contributed by atoms with Crippen LogP contribution in [0.3, 0.4) is 0 Å². The number of hydrogen-bond donors (Lipinski definition) is 1. The van der Waals surface area contributed by atoms with E-state index in [1.807, 2.05) is 24.3 Å². The van der Waals surface area contributed by atoms with Gasteiger partial charge in [0.15, 0.2) is 5.82 Å². The fraction of sp³-hybridized carbons (Fsp3) is 0.0909. The third-order valence-corrected chi connectivity index (χ3v) is 4.91. The molecule has 0 atom stereocenters. The Labute approximate surface area is 151 Å². The van der Waals surface area contributed by atoms with Gasteiger partial charge in [0.25, 0.3) is 0 Å². The van der Waals surface area contributed by atoms with Crippen LogP contribution in [0.1, 0.15) is 11.3 Å². The van der Waals surface area contributed by atoms with Crippen molar-refractivity contribution in [2.75, 3.05) is 0 Å². The van der Waals surface area contributed by atoms with Crippen LogP contribution in [0.5, 0.6) is 5.88 Å². The molecular formula is C22H17N3O. The quantitative estimate of drug-likeness (QED) is 0.589. The van der Waals surface area contributed by atoms with Crippen LogP contribution in [0, 0.1) is 0 Å². The van der Waals surface area contributed by atoms with E-state index in [0.717, 1.165) is 29.7 Å². The number of aromatic nitrogens is 3. The average molecular weight is 339 g/mol. The Morgan fingerprint density at radius 1 is 0.846 bits per heavy atom. The van der Waals surface area contributed by atoms with Crippen molar-refractivity contribution in [2.45, 2.75) is 12.8 Å². The van der Waals surface area contributed by atoms with E-state index in [2.05, 4.69) is 52.5 Å². The maximum absolute atomic E-state index is 10.8. The third-order valence-electron chi connectivity index (χ3n) is 4.91. The maximum atomic E-state index is 10.8. The van der Waals surface area contributed by atoms with Crippen LogP contribution in [0.2, 0.25) is 0 Å². The highest BCUT2D eigenvalue weighted by Gasteiger charge is 2.26. The van der Waals surface area contributed by atoms with E-state index in [0.29, 0.717) is 5.82 Å². The molecule has 0 fully saturated rings. The molecule has 126 valence electrons. The van der Waals surface area contributed by atoms with E-state index in [4.69, 9.17) is 0 Å². The summed E-state index contributed by atoms with van der Waals surface area (Å²) in [6.45, 7) is 0. The Morgan fingerprint density at radius 3 is 2.50 bits per heavy atom. The van der Waals surface area contributed by atoms with Crippen molar-refractivity contribution in [2.24, 2.45) is 0 Å². The molecule has 2 aromatic heterocycles. The summed E-state index contributed by atoms with van der Waals surface area (Å²) in [5.74, 6) is 0.786. The fourth-order valence-electron chi connectivity index (χ4n) is 3.65. The Bertz CT molecular complexity index is 1090. The first-order chi connectivity index (χ1) is 12.8. The van der Waals surface area contributed by atoms with Gasteiger partial charge >= 0.3 is 0 Å². The van der Waals surface area contributed by atoms with E-state index < -0.39 is 0 Å². The van der Waals surface area contributed by atoms with Crippen molar-refractivity contribution >= 4 is 0 Å². The largest absolute Gasteiger partial charge is 0.493 e. The molecule has 1 aliphatic rings. The number of hydrogen-bond acceptors (Lipinski definition) is 3. The first kappa shape index (κ1) is 14.9. The summed E-state index contributed by atoms with van der Waals surface area (Å²) in [4.78, 5) is 4.30. The van der Waals surface area contributed by atoms with Crippen LogP contribution >= 0.6 is 0 Å². The van der Waals surface area contributed by atoms with Crippen LogP contribution in [0.15, 0.2) is 72.9 Å². The highest BCUT2D eigenvalue weighted by Crippen LogP contribution is 2.41. The van der Waals surface area contributed by atoms with Crippen molar-refractivity contribution in [1.82, 2.24) is 14.8 Å². The molecule has 0 amide bonds. The summed E-state index contributed by atoms with van der Waals surface area (Å²) in [6, 6.07) is 22.4. The van der Waals surface area contributed by atoms with Gasteiger partial charge in [-0.25, -0.2) is 4.98 Å². The SMILES string of the molecule is Oc1c2c(nn1-c1ccccn1)CCc1cc(-c3ccccc3)ccc1-2. The standard InChI is InChI=1S/C22H17N3O/c26-22-21-18-11-9-16(15-6-2-1-3-7-15)14-17(18)10-12-19(21)24-25(22)20-8-4-5-13-23-20/h1-9,11,13-14,26H,10,12H2. The Hall–Kier alpha value is -3.40. The Morgan fingerprint density at radius 2 is 1.69 bits per heavy atom. The van der Waals surface area contributed by atoms with Crippen molar-refractivity contribution in [3.8, 4) is 34.0 Å². The molecule has 0 spiro atoms. The third kappa shape index (κ3) is 2.30. The van der Waals surface area contributed by atoms with E-state index in [1.165, 1.54) is 21.4 Å². The summed E-state index contributed by atoms with van der Waals surface area (Å²) in [5.41, 5.74) is 6.46. The lowest BCUT2D eigenvalue weighted by Gasteiger charge is -2.16. The second-order valence-electron chi connectivity index (χ2n) is 6.48. The van der Waals surface area contributed by atoms with Crippen LogP contribution in [0.25, 0.3) is 28.1 Å². The molecule has 4 heteroatoms. The van der Waals surface area contributed by atoms with Gasteiger partial charge in [-0.05, 0) is 47.2 Å². The van der Waals surface area contributed by atoms with Crippen molar-refractivity contribution in [3.63, 3.8) is 0 Å². The number of nitrogens with zero attached hydrogens (tertiary/aromatic N) is 3. The molecule has 2 aromatic carbocycles. The molecule has 4 aromatic rings. The van der Waals surface area contributed by atoms with Gasteiger partial charge in [-0.15, -0.1) is 0 Å². The van der Waals surface area contributed by atoms with Gasteiger partial charge in [0.2, 0.25) is 5.88 Å². The fourth-order valence-corrected chi connectivity index (χ4v) is 3.65. The second kappa shape index (κ2) is 5.85. The van der Waals surface area contributed by atoms with Crippen molar-refractivity contribution < 1.29 is 5.11 Å². The van der Waals surface area contributed by atoms with Gasteiger partial charge in [0.1, 0.15) is 0 Å². The molecule has 0 saturated heterocycles. The number of rotatable bonds is 2. The zero-order chi connectivity index (χ0) is 17.5. The summed E-state index contributed by atoms with van der Waals surface area (Å²) in [5, 5.41) is 15.4. The molecule has 2 heterocycles. The molecule has 26 heavy (non-hydrogen) atoms. The van der Waals surface area contributed by atoms with E-state index in [1.54, 1.807) is 6.20 Å². The van der Waals surface area contributed by atoms with Crippen molar-refractivity contribution in [1.29, 1.82) is 0 Å². The van der Waals surface area contributed by atoms with E-state index >= 15 is 0 Å². The van der Waals surface area contributed by atoms with Crippen molar-refractivity contribution in [3.05, 3.63) is 84.2 Å². The smallest absolute Gasteiger partial charge is 0.224 e. The lowest BCUT2D eigenvalue weighted by molar-refractivity contribution is 0.433. The molecule has 1 N–H and O–H groups in total. The van der Waals surface area contributed by atoms with Gasteiger partial charge < -0.3 is 5.11 Å². The zero-order valence-corrected chi connectivity index (χ0v) is 14.1. The minimum Gasteiger partial charge on any atom is -0.493 e. The monoisotopic (exact) mass is 339 g/mol. The first-order valence-electron chi connectivity index (χ1n) is 8.72.